The van der Waals surface area contributed by atoms with E-state index >= 15 is 0 Å². The maximum Gasteiger partial charge on any atom is 0.253 e. The molecular formula is C38H49N5O4. The maximum atomic E-state index is 11.8. The molecule has 2 aliphatic rings. The van der Waals surface area contributed by atoms with Crippen LogP contribution in [-0.4, -0.2) is 96.8 Å². The smallest absolute Gasteiger partial charge is 0.253 e. The van der Waals surface area contributed by atoms with Gasteiger partial charge in [0.05, 0.1) is 20.3 Å². The van der Waals surface area contributed by atoms with Crippen molar-refractivity contribution in [2.45, 2.75) is 40.3 Å². The second kappa shape index (κ2) is 17.1. The lowest BCUT2D eigenvalue weighted by Gasteiger charge is -2.29. The van der Waals surface area contributed by atoms with Crippen LogP contribution >= 0.6 is 0 Å². The number of aryl methyl sites for hydroxylation is 1. The number of carbonyl (C=O) groups excluding carboxylic acids is 1. The average Bonchev–Trinajstić information content (AvgIpc) is 3.58. The Morgan fingerprint density at radius 3 is 2.36 bits per heavy atom. The molecule has 9 heteroatoms. The fourth-order valence-electron chi connectivity index (χ4n) is 5.95. The van der Waals surface area contributed by atoms with Crippen molar-refractivity contribution in [1.29, 1.82) is 0 Å². The Hall–Kier alpha value is -4.18. The number of aromatic amines is 1. The third-order valence-corrected chi connectivity index (χ3v) is 8.76. The number of benzene rings is 3. The van der Waals surface area contributed by atoms with E-state index in [0.29, 0.717) is 6.61 Å². The van der Waals surface area contributed by atoms with Crippen molar-refractivity contribution in [1.82, 2.24) is 24.7 Å². The van der Waals surface area contributed by atoms with Gasteiger partial charge in [0.2, 0.25) is 0 Å². The van der Waals surface area contributed by atoms with Crippen LogP contribution in [-0.2, 0) is 24.2 Å². The molecule has 47 heavy (non-hydrogen) atoms. The van der Waals surface area contributed by atoms with E-state index in [0.717, 1.165) is 106 Å². The summed E-state index contributed by atoms with van der Waals surface area (Å²) >= 11 is 0. The SMILES string of the molecule is CCN(CC)C(=O)c1ccc(C)cc1.COc1cc2c(cc1OCCN1CCOCC1)CN(Cc1cnc(-c3ccccc3)[nH]1)CC2. The number of nitrogens with zero attached hydrogens (tertiary/aromatic N) is 4. The number of carbonyl (C=O) groups is 1. The molecule has 3 heterocycles. The molecule has 0 saturated carbocycles. The highest BCUT2D eigenvalue weighted by molar-refractivity contribution is 5.94. The van der Waals surface area contributed by atoms with Crippen molar-refractivity contribution in [3.05, 3.63) is 101 Å². The van der Waals surface area contributed by atoms with Crippen LogP contribution in [0, 0.1) is 6.92 Å². The zero-order valence-corrected chi connectivity index (χ0v) is 28.3. The minimum absolute atomic E-state index is 0.120. The van der Waals surface area contributed by atoms with Gasteiger partial charge in [0.15, 0.2) is 11.5 Å². The Labute approximate surface area is 279 Å². The van der Waals surface area contributed by atoms with Crippen LogP contribution < -0.4 is 9.47 Å². The Bertz CT molecular complexity index is 1550. The number of ether oxygens (including phenoxy) is 3. The topological polar surface area (TPSA) is 83.2 Å². The molecule has 0 atom stereocenters. The molecule has 0 spiro atoms. The molecule has 0 aliphatic carbocycles. The number of H-pyrrole nitrogens is 1. The van der Waals surface area contributed by atoms with Gasteiger partial charge in [-0.1, -0.05) is 48.0 Å². The number of nitrogens with one attached hydrogen (secondary N) is 1. The minimum Gasteiger partial charge on any atom is -0.493 e. The first kappa shape index (κ1) is 34.2. The molecule has 9 nitrogen and oxygen atoms in total. The van der Waals surface area contributed by atoms with Gasteiger partial charge in [-0.25, -0.2) is 4.98 Å². The molecule has 4 aromatic rings. The van der Waals surface area contributed by atoms with E-state index in [1.54, 1.807) is 7.11 Å². The number of rotatable bonds is 11. The van der Waals surface area contributed by atoms with Crippen molar-refractivity contribution in [2.75, 3.05) is 66.2 Å². The molecule has 1 N–H and O–H groups in total. The summed E-state index contributed by atoms with van der Waals surface area (Å²) in [5.41, 5.74) is 6.86. The van der Waals surface area contributed by atoms with Crippen LogP contribution in [0.2, 0.25) is 0 Å². The fraction of sp³-hybridized carbons (Fsp3) is 0.421. The highest BCUT2D eigenvalue weighted by Crippen LogP contribution is 2.34. The Balaban J connectivity index is 0.000000261. The van der Waals surface area contributed by atoms with Crippen LogP contribution in [0.5, 0.6) is 11.5 Å². The molecular weight excluding hydrogens is 590 g/mol. The predicted octanol–water partition coefficient (Wildman–Crippen LogP) is 5.83. The van der Waals surface area contributed by atoms with E-state index in [1.165, 1.54) is 16.7 Å². The van der Waals surface area contributed by atoms with Crippen molar-refractivity contribution in [3.63, 3.8) is 0 Å². The van der Waals surface area contributed by atoms with Gasteiger partial charge < -0.3 is 24.1 Å². The largest absolute Gasteiger partial charge is 0.493 e. The summed E-state index contributed by atoms with van der Waals surface area (Å²) in [5, 5.41) is 0. The number of imidazole rings is 1. The first-order chi connectivity index (χ1) is 23.0. The Morgan fingerprint density at radius 2 is 1.66 bits per heavy atom. The Kier molecular flexibility index (Phi) is 12.4. The summed E-state index contributed by atoms with van der Waals surface area (Å²) in [4.78, 5) is 26.6. The normalized spacial score (nSPS) is 14.9. The molecule has 1 amide bonds. The first-order valence-electron chi connectivity index (χ1n) is 16.8. The average molecular weight is 640 g/mol. The van der Waals surface area contributed by atoms with Gasteiger partial charge >= 0.3 is 0 Å². The quantitative estimate of drug-likeness (QED) is 0.221. The number of fused-ring (bicyclic) bond motifs is 1. The van der Waals surface area contributed by atoms with E-state index in [1.807, 2.05) is 74.3 Å². The second-order valence-corrected chi connectivity index (χ2v) is 12.0. The third-order valence-electron chi connectivity index (χ3n) is 8.76. The van der Waals surface area contributed by atoms with Gasteiger partial charge in [-0.2, -0.15) is 0 Å². The fourth-order valence-corrected chi connectivity index (χ4v) is 5.95. The second-order valence-electron chi connectivity index (χ2n) is 12.0. The van der Waals surface area contributed by atoms with Gasteiger partial charge in [-0.05, 0) is 62.6 Å². The van der Waals surface area contributed by atoms with E-state index in [4.69, 9.17) is 14.2 Å². The van der Waals surface area contributed by atoms with Gasteiger partial charge in [0.25, 0.3) is 5.91 Å². The summed E-state index contributed by atoms with van der Waals surface area (Å²) in [6, 6.07) is 22.3. The summed E-state index contributed by atoms with van der Waals surface area (Å²) in [6.07, 6.45) is 2.95. The molecule has 250 valence electrons. The van der Waals surface area contributed by atoms with Crippen LogP contribution in [0.25, 0.3) is 11.4 Å². The zero-order chi connectivity index (χ0) is 33.0. The number of aromatic nitrogens is 2. The van der Waals surface area contributed by atoms with Crippen LogP contribution in [0.15, 0.2) is 72.9 Å². The van der Waals surface area contributed by atoms with Gasteiger partial charge in [0, 0.05) is 75.4 Å². The summed E-state index contributed by atoms with van der Waals surface area (Å²) in [6.45, 7) is 15.4. The molecule has 2 aliphatic heterocycles. The van der Waals surface area contributed by atoms with Crippen molar-refractivity contribution < 1.29 is 19.0 Å². The monoisotopic (exact) mass is 639 g/mol. The van der Waals surface area contributed by atoms with E-state index < -0.39 is 0 Å². The number of amides is 1. The molecule has 0 radical (unpaired) electrons. The van der Waals surface area contributed by atoms with Crippen molar-refractivity contribution in [2.24, 2.45) is 0 Å². The van der Waals surface area contributed by atoms with Crippen LogP contribution in [0.3, 0.4) is 0 Å². The van der Waals surface area contributed by atoms with Crippen molar-refractivity contribution in [3.8, 4) is 22.9 Å². The van der Waals surface area contributed by atoms with E-state index in [-0.39, 0.29) is 5.91 Å². The van der Waals surface area contributed by atoms with E-state index in [9.17, 15) is 4.79 Å². The highest BCUT2D eigenvalue weighted by atomic mass is 16.5. The molecule has 1 aromatic heterocycles. The molecule has 1 fully saturated rings. The number of morpholine rings is 1. The highest BCUT2D eigenvalue weighted by Gasteiger charge is 2.21. The summed E-state index contributed by atoms with van der Waals surface area (Å²) in [5.74, 6) is 2.70. The Morgan fingerprint density at radius 1 is 0.936 bits per heavy atom. The lowest BCUT2D eigenvalue weighted by molar-refractivity contribution is 0.0321. The summed E-state index contributed by atoms with van der Waals surface area (Å²) in [7, 11) is 1.72. The maximum absolute atomic E-state index is 11.8. The number of hydrogen-bond acceptors (Lipinski definition) is 7. The molecule has 3 aromatic carbocycles. The van der Waals surface area contributed by atoms with Gasteiger partial charge in [-0.3, -0.25) is 14.6 Å². The summed E-state index contributed by atoms with van der Waals surface area (Å²) < 4.78 is 17.2. The lowest BCUT2D eigenvalue weighted by Crippen LogP contribution is -2.38. The first-order valence-corrected chi connectivity index (χ1v) is 16.8. The zero-order valence-electron chi connectivity index (χ0n) is 28.3. The molecule has 1 saturated heterocycles. The lowest BCUT2D eigenvalue weighted by atomic mass is 9.98. The molecule has 0 bridgehead atoms. The minimum atomic E-state index is 0.120. The number of methoxy groups -OCH3 is 1. The van der Waals surface area contributed by atoms with Crippen molar-refractivity contribution >= 4 is 5.91 Å². The van der Waals surface area contributed by atoms with Gasteiger partial charge in [-0.15, -0.1) is 0 Å². The standard InChI is InChI=1S/C26H32N4O3.C12H17NO/c1-31-24-15-21-7-8-30(19-23-17-27-26(28-23)20-5-3-2-4-6-20)18-22(21)16-25(24)33-14-11-29-9-12-32-13-10-29;1-4-13(5-2)12(14)11-8-6-10(3)7-9-11/h2-6,15-17H,7-14,18-19H2,1H3,(H,27,28);6-9H,4-5H2,1-3H3. The molecule has 0 unspecified atom stereocenters. The van der Waals surface area contributed by atoms with Gasteiger partial charge in [0.1, 0.15) is 12.4 Å². The molecule has 6 rings (SSSR count). The van der Waals surface area contributed by atoms with Crippen LogP contribution in [0.1, 0.15) is 46.6 Å². The number of hydrogen-bond donors (Lipinski definition) is 1. The van der Waals surface area contributed by atoms with E-state index in [2.05, 4.69) is 44.0 Å². The predicted molar refractivity (Wildman–Crippen MR) is 186 cm³/mol. The third kappa shape index (κ3) is 9.44. The van der Waals surface area contributed by atoms with Crippen LogP contribution in [0.4, 0.5) is 0 Å².